The minimum absolute atomic E-state index is 0.180. The van der Waals surface area contributed by atoms with E-state index in [1.807, 2.05) is 30.0 Å². The van der Waals surface area contributed by atoms with Crippen molar-refractivity contribution in [2.45, 2.75) is 39.2 Å². The molecule has 0 aliphatic carbocycles. The minimum atomic E-state index is -0.195. The number of Topliss-reactive ketones (excluding diaryl/α,β-unsaturated/α-hetero) is 1. The number of methoxy groups -OCH3 is 1. The third kappa shape index (κ3) is 4.43. The van der Waals surface area contributed by atoms with Gasteiger partial charge in [0, 0.05) is 37.3 Å². The molecule has 0 saturated heterocycles. The summed E-state index contributed by atoms with van der Waals surface area (Å²) in [5.74, 6) is -0.0151. The van der Waals surface area contributed by atoms with E-state index < -0.39 is 0 Å². The zero-order chi connectivity index (χ0) is 12.7. The van der Waals surface area contributed by atoms with Gasteiger partial charge in [-0.25, -0.2) is 0 Å². The lowest BCUT2D eigenvalue weighted by Gasteiger charge is -2.01. The summed E-state index contributed by atoms with van der Waals surface area (Å²) in [4.78, 5) is 22.5. The lowest BCUT2D eigenvalue weighted by Crippen LogP contribution is -2.03. The van der Waals surface area contributed by atoms with Gasteiger partial charge in [0.25, 0.3) is 0 Å². The highest BCUT2D eigenvalue weighted by atomic mass is 16.5. The van der Waals surface area contributed by atoms with Gasteiger partial charge in [0.05, 0.1) is 7.11 Å². The summed E-state index contributed by atoms with van der Waals surface area (Å²) in [6.45, 7) is 2.72. The van der Waals surface area contributed by atoms with E-state index >= 15 is 0 Å². The first-order chi connectivity index (χ1) is 8.17. The molecule has 4 heteroatoms. The molecule has 0 atom stereocenters. The van der Waals surface area contributed by atoms with Crippen LogP contribution in [0.3, 0.4) is 0 Å². The standard InChI is InChI=1S/C13H19NO3/c1-3-5-12(15)11-7-9-14(10-11)8-4-6-13(16)17-2/h7,9-10H,3-6,8H2,1-2H3. The van der Waals surface area contributed by atoms with Crippen molar-refractivity contribution >= 4 is 11.8 Å². The second kappa shape index (κ2) is 6.89. The van der Waals surface area contributed by atoms with Gasteiger partial charge in [0.1, 0.15) is 0 Å². The number of carbonyl (C=O) groups is 2. The number of aromatic nitrogens is 1. The average molecular weight is 237 g/mol. The van der Waals surface area contributed by atoms with Gasteiger partial charge in [-0.15, -0.1) is 0 Å². The van der Waals surface area contributed by atoms with Gasteiger partial charge in [-0.1, -0.05) is 6.92 Å². The van der Waals surface area contributed by atoms with E-state index in [2.05, 4.69) is 4.74 Å². The number of aryl methyl sites for hydroxylation is 1. The number of esters is 1. The molecule has 0 aliphatic rings. The van der Waals surface area contributed by atoms with Gasteiger partial charge in [-0.2, -0.15) is 0 Å². The molecule has 0 bridgehead atoms. The highest BCUT2D eigenvalue weighted by Crippen LogP contribution is 2.07. The van der Waals surface area contributed by atoms with Gasteiger partial charge < -0.3 is 9.30 Å². The molecule has 0 aromatic carbocycles. The zero-order valence-electron chi connectivity index (χ0n) is 10.4. The molecule has 94 valence electrons. The quantitative estimate of drug-likeness (QED) is 0.540. The Hall–Kier alpha value is -1.58. The molecular weight excluding hydrogens is 218 g/mol. The summed E-state index contributed by atoms with van der Waals surface area (Å²) in [6.07, 6.45) is 6.31. The maximum atomic E-state index is 11.6. The summed E-state index contributed by atoms with van der Waals surface area (Å²) in [6, 6.07) is 1.83. The van der Waals surface area contributed by atoms with Crippen LogP contribution in [0.4, 0.5) is 0 Å². The number of ether oxygens (including phenoxy) is 1. The van der Waals surface area contributed by atoms with Crippen LogP contribution in [0.1, 0.15) is 43.0 Å². The molecule has 1 aromatic rings. The Balaban J connectivity index is 2.40. The van der Waals surface area contributed by atoms with E-state index in [0.29, 0.717) is 12.8 Å². The number of nitrogens with zero attached hydrogens (tertiary/aromatic N) is 1. The van der Waals surface area contributed by atoms with E-state index in [1.54, 1.807) is 0 Å². The van der Waals surface area contributed by atoms with Gasteiger partial charge in [0.2, 0.25) is 0 Å². The van der Waals surface area contributed by atoms with Gasteiger partial charge in [-0.05, 0) is 18.9 Å². The van der Waals surface area contributed by atoms with Crippen molar-refractivity contribution in [1.82, 2.24) is 4.57 Å². The molecular formula is C13H19NO3. The van der Waals surface area contributed by atoms with Crippen LogP contribution >= 0.6 is 0 Å². The molecule has 4 nitrogen and oxygen atoms in total. The minimum Gasteiger partial charge on any atom is -0.469 e. The van der Waals surface area contributed by atoms with Crippen LogP contribution in [0, 0.1) is 0 Å². The molecule has 17 heavy (non-hydrogen) atoms. The molecule has 1 rings (SSSR count). The maximum absolute atomic E-state index is 11.6. The monoisotopic (exact) mass is 237 g/mol. The van der Waals surface area contributed by atoms with Crippen LogP contribution in [0.15, 0.2) is 18.5 Å². The smallest absolute Gasteiger partial charge is 0.305 e. The van der Waals surface area contributed by atoms with Crippen LogP contribution in [0.25, 0.3) is 0 Å². The third-order valence-corrected chi connectivity index (χ3v) is 2.57. The fraction of sp³-hybridized carbons (Fsp3) is 0.538. The van der Waals surface area contributed by atoms with Crippen molar-refractivity contribution in [1.29, 1.82) is 0 Å². The van der Waals surface area contributed by atoms with E-state index in [-0.39, 0.29) is 11.8 Å². The molecule has 0 N–H and O–H groups in total. The zero-order valence-corrected chi connectivity index (χ0v) is 10.4. The Bertz CT molecular complexity index is 382. The van der Waals surface area contributed by atoms with Crippen LogP contribution in [-0.2, 0) is 16.1 Å². The second-order valence-corrected chi connectivity index (χ2v) is 3.99. The topological polar surface area (TPSA) is 48.3 Å². The summed E-state index contributed by atoms with van der Waals surface area (Å²) in [5, 5.41) is 0. The first-order valence-electron chi connectivity index (χ1n) is 5.93. The number of hydrogen-bond acceptors (Lipinski definition) is 3. The Morgan fingerprint density at radius 3 is 2.76 bits per heavy atom. The van der Waals surface area contributed by atoms with Crippen molar-refractivity contribution < 1.29 is 14.3 Å². The van der Waals surface area contributed by atoms with E-state index in [0.717, 1.165) is 24.9 Å². The van der Waals surface area contributed by atoms with Crippen molar-refractivity contribution in [3.8, 4) is 0 Å². The molecule has 0 amide bonds. The normalized spacial score (nSPS) is 10.2. The second-order valence-electron chi connectivity index (χ2n) is 3.99. The van der Waals surface area contributed by atoms with Crippen molar-refractivity contribution in [3.63, 3.8) is 0 Å². The highest BCUT2D eigenvalue weighted by Gasteiger charge is 2.06. The largest absolute Gasteiger partial charge is 0.469 e. The van der Waals surface area contributed by atoms with Crippen LogP contribution in [0.2, 0.25) is 0 Å². The molecule has 1 aromatic heterocycles. The molecule has 0 unspecified atom stereocenters. The Morgan fingerprint density at radius 2 is 2.12 bits per heavy atom. The van der Waals surface area contributed by atoms with Gasteiger partial charge in [-0.3, -0.25) is 9.59 Å². The van der Waals surface area contributed by atoms with E-state index in [1.165, 1.54) is 7.11 Å². The first kappa shape index (κ1) is 13.5. The number of ketones is 1. The third-order valence-electron chi connectivity index (χ3n) is 2.57. The fourth-order valence-electron chi connectivity index (χ4n) is 1.62. The SMILES string of the molecule is CCCC(=O)c1ccn(CCCC(=O)OC)c1. The van der Waals surface area contributed by atoms with Crippen molar-refractivity contribution in [2.24, 2.45) is 0 Å². The number of rotatable bonds is 7. The predicted octanol–water partition coefficient (Wildman–Crippen LogP) is 2.42. The summed E-state index contributed by atoms with van der Waals surface area (Å²) in [5.41, 5.74) is 0.755. The summed E-state index contributed by atoms with van der Waals surface area (Å²) in [7, 11) is 1.39. The molecule has 0 aliphatic heterocycles. The van der Waals surface area contributed by atoms with Gasteiger partial charge >= 0.3 is 5.97 Å². The Labute approximate surface area is 102 Å². The van der Waals surface area contributed by atoms with E-state index in [4.69, 9.17) is 0 Å². The van der Waals surface area contributed by atoms with Crippen LogP contribution in [-0.4, -0.2) is 23.4 Å². The fourth-order valence-corrected chi connectivity index (χ4v) is 1.62. The first-order valence-corrected chi connectivity index (χ1v) is 5.93. The van der Waals surface area contributed by atoms with E-state index in [9.17, 15) is 9.59 Å². The average Bonchev–Trinajstić information content (AvgIpc) is 2.78. The van der Waals surface area contributed by atoms with Gasteiger partial charge in [0.15, 0.2) is 5.78 Å². The maximum Gasteiger partial charge on any atom is 0.305 e. The molecule has 0 radical (unpaired) electrons. The molecule has 0 fully saturated rings. The van der Waals surface area contributed by atoms with Crippen LogP contribution in [0.5, 0.6) is 0 Å². The Morgan fingerprint density at radius 1 is 1.35 bits per heavy atom. The van der Waals surface area contributed by atoms with Crippen LogP contribution < -0.4 is 0 Å². The Kier molecular flexibility index (Phi) is 5.46. The molecule has 0 spiro atoms. The van der Waals surface area contributed by atoms with Crippen molar-refractivity contribution in [3.05, 3.63) is 24.0 Å². The number of hydrogen-bond donors (Lipinski definition) is 0. The highest BCUT2D eigenvalue weighted by molar-refractivity contribution is 5.95. The molecule has 0 saturated carbocycles. The summed E-state index contributed by atoms with van der Waals surface area (Å²) >= 11 is 0. The lowest BCUT2D eigenvalue weighted by molar-refractivity contribution is -0.140. The molecule has 1 heterocycles. The summed E-state index contributed by atoms with van der Waals surface area (Å²) < 4.78 is 6.50. The van der Waals surface area contributed by atoms with Crippen molar-refractivity contribution in [2.75, 3.05) is 7.11 Å². The predicted molar refractivity (Wildman–Crippen MR) is 64.9 cm³/mol. The number of carbonyl (C=O) groups excluding carboxylic acids is 2. The lowest BCUT2D eigenvalue weighted by atomic mass is 10.1.